The minimum Gasteiger partial charge on any atom is -0.463 e. The third-order valence-corrected chi connectivity index (χ3v) is 7.62. The highest BCUT2D eigenvalue weighted by Crippen LogP contribution is 2.36. The van der Waals surface area contributed by atoms with Crippen molar-refractivity contribution in [3.63, 3.8) is 0 Å². The van der Waals surface area contributed by atoms with E-state index >= 15 is 0 Å². The van der Waals surface area contributed by atoms with Gasteiger partial charge in [0.25, 0.3) is 3.79 Å². The number of esters is 6. The minimum atomic E-state index is -2.54. The Labute approximate surface area is 342 Å². The number of hydrogen-bond donors (Lipinski definition) is 2. The largest absolute Gasteiger partial charge is 0.463 e. The first kappa shape index (κ1) is 48.3. The molecule has 26 heteroatoms. The van der Waals surface area contributed by atoms with Gasteiger partial charge in [0, 0.05) is 41.5 Å². The zero-order chi connectivity index (χ0) is 42.0. The Kier molecular flexibility index (Phi) is 18.5. The first-order valence-electron chi connectivity index (χ1n) is 15.5. The molecule has 0 aromatic heterocycles. The van der Waals surface area contributed by atoms with Crippen LogP contribution in [0.2, 0.25) is 0 Å². The quantitative estimate of drug-likeness (QED) is 0.0885. The molecule has 2 saturated heterocycles. The van der Waals surface area contributed by atoms with Crippen LogP contribution >= 0.6 is 69.6 Å². The average molecular weight is 913 g/mol. The third kappa shape index (κ3) is 16.3. The molecule has 0 spiro atoms. The van der Waals surface area contributed by atoms with E-state index < -0.39 is 137 Å². The second kappa shape index (κ2) is 21.1. The third-order valence-electron chi connectivity index (χ3n) is 6.78. The Bertz CT molecular complexity index is 1440. The maximum atomic E-state index is 13.1. The fourth-order valence-electron chi connectivity index (χ4n) is 4.95. The molecule has 2 heterocycles. The van der Waals surface area contributed by atoms with Gasteiger partial charge in [-0.1, -0.05) is 69.6 Å². The predicted octanol–water partition coefficient (Wildman–Crippen LogP) is 2.50. The Balaban J connectivity index is 2.87. The van der Waals surface area contributed by atoms with E-state index in [1.807, 2.05) is 0 Å². The summed E-state index contributed by atoms with van der Waals surface area (Å²) in [5, 5.41) is 10.5. The molecule has 0 unspecified atom stereocenters. The van der Waals surface area contributed by atoms with E-state index in [1.54, 1.807) is 0 Å². The van der Waals surface area contributed by atoms with Crippen LogP contribution in [-0.4, -0.2) is 137 Å². The van der Waals surface area contributed by atoms with E-state index in [0.29, 0.717) is 0 Å². The summed E-state index contributed by atoms with van der Waals surface area (Å²) in [6.07, 6.45) is -17.4. The SMILES string of the molecule is CC(=O)OC[C@H]1O[C@@H](O[C@@H]2[C@@H](NC(=O)OCC(Cl)(Cl)Cl)[C@H](OC(=N)C(Cl)(Cl)Cl)O[C@H](COC(C)=O)[C@@H]2OC(C)=O)[C@H](OC(C)=O)[C@@H](OC(C)=O)[C@H]1OC(C)=O. The van der Waals surface area contributed by atoms with E-state index in [4.69, 9.17) is 127 Å². The second-order valence-electron chi connectivity index (χ2n) is 11.4. The molecule has 0 aliphatic carbocycles. The Hall–Kier alpha value is -2.82. The Morgan fingerprint density at radius 1 is 0.564 bits per heavy atom. The number of alkyl halides is 6. The number of amides is 1. The van der Waals surface area contributed by atoms with Gasteiger partial charge in [-0.3, -0.25) is 34.2 Å². The number of carbonyl (C=O) groups excluding carboxylic acids is 7. The first-order valence-corrected chi connectivity index (χ1v) is 17.8. The summed E-state index contributed by atoms with van der Waals surface area (Å²) in [7, 11) is 0. The van der Waals surface area contributed by atoms with Crippen LogP contribution < -0.4 is 5.32 Å². The van der Waals surface area contributed by atoms with Crippen molar-refractivity contribution >= 4 is 117 Å². The van der Waals surface area contributed by atoms with Crippen LogP contribution in [0.15, 0.2) is 0 Å². The standard InChI is InChI=1S/C29H36Cl6N2O18/c1-10(38)45-7-16-19(48-12(3)40)21(18(37-27(44)47-9-28(30,31)32)24(52-16)55-26(36)29(33,34)35)54-25-23(51-15(6)43)22(50-14(5)42)20(49-13(4)41)17(53-25)8-46-11(2)39/h16-25,36H,7-9H2,1-6H3,(H,37,44)/t16-,17-,18-,19+,20+,21-,22+,23-,24+,25+/m1/s1. The summed E-state index contributed by atoms with van der Waals surface area (Å²) in [5.41, 5.74) is 0. The molecule has 2 aliphatic rings. The number of ether oxygens (including phenoxy) is 11. The van der Waals surface area contributed by atoms with Crippen molar-refractivity contribution in [1.82, 2.24) is 5.32 Å². The van der Waals surface area contributed by atoms with Gasteiger partial charge in [-0.25, -0.2) is 4.79 Å². The molecule has 2 rings (SSSR count). The summed E-state index contributed by atoms with van der Waals surface area (Å²) in [6, 6.07) is -1.86. The van der Waals surface area contributed by atoms with E-state index in [0.717, 1.165) is 41.5 Å². The zero-order valence-corrected chi connectivity index (χ0v) is 34.0. The molecule has 1 amide bonds. The van der Waals surface area contributed by atoms with Crippen LogP contribution in [-0.2, 0) is 80.9 Å². The van der Waals surface area contributed by atoms with Gasteiger partial charge in [0.15, 0.2) is 30.7 Å². The number of hydrogen-bond acceptors (Lipinski definition) is 19. The topological polar surface area (TPSA) is 257 Å². The van der Waals surface area contributed by atoms with E-state index in [9.17, 15) is 33.6 Å². The lowest BCUT2D eigenvalue weighted by atomic mass is 9.94. The van der Waals surface area contributed by atoms with Gasteiger partial charge in [-0.15, -0.1) is 0 Å². The van der Waals surface area contributed by atoms with Gasteiger partial charge in [-0.05, 0) is 0 Å². The highest BCUT2D eigenvalue weighted by molar-refractivity contribution is 6.76. The minimum absolute atomic E-state index is 0.675. The fraction of sp³-hybridized carbons (Fsp3) is 0.724. The van der Waals surface area contributed by atoms with Gasteiger partial charge in [0.1, 0.15) is 44.2 Å². The van der Waals surface area contributed by atoms with Gasteiger partial charge in [0.05, 0.1) is 0 Å². The summed E-state index contributed by atoms with van der Waals surface area (Å²) in [4.78, 5) is 86.4. The lowest BCUT2D eigenvalue weighted by Crippen LogP contribution is -2.70. The van der Waals surface area contributed by atoms with Crippen LogP contribution in [0.4, 0.5) is 4.79 Å². The van der Waals surface area contributed by atoms with Crippen molar-refractivity contribution in [2.24, 2.45) is 0 Å². The maximum absolute atomic E-state index is 13.1. The summed E-state index contributed by atoms with van der Waals surface area (Å²) < 4.78 is 55.9. The summed E-state index contributed by atoms with van der Waals surface area (Å²) >= 11 is 34.7. The van der Waals surface area contributed by atoms with Gasteiger partial charge in [-0.2, -0.15) is 0 Å². The van der Waals surface area contributed by atoms with Crippen molar-refractivity contribution in [2.75, 3.05) is 19.8 Å². The summed E-state index contributed by atoms with van der Waals surface area (Å²) in [5.74, 6) is -6.68. The van der Waals surface area contributed by atoms with Gasteiger partial charge in [0.2, 0.25) is 16.0 Å². The smallest absolute Gasteiger partial charge is 0.407 e. The molecular weight excluding hydrogens is 877 g/mol. The monoisotopic (exact) mass is 910 g/mol. The van der Waals surface area contributed by atoms with Crippen molar-refractivity contribution in [2.45, 2.75) is 110 Å². The van der Waals surface area contributed by atoms with Crippen LogP contribution in [0.3, 0.4) is 0 Å². The number of halogens is 6. The lowest BCUT2D eigenvalue weighted by molar-refractivity contribution is -0.343. The zero-order valence-electron chi connectivity index (χ0n) is 29.5. The molecule has 20 nitrogen and oxygen atoms in total. The van der Waals surface area contributed by atoms with Crippen molar-refractivity contribution in [1.29, 1.82) is 5.41 Å². The fourth-order valence-corrected chi connectivity index (χ4v) is 5.25. The number of rotatable bonds is 13. The molecule has 0 radical (unpaired) electrons. The lowest BCUT2D eigenvalue weighted by Gasteiger charge is -2.49. The highest BCUT2D eigenvalue weighted by atomic mass is 35.6. The first-order chi connectivity index (χ1) is 25.3. The van der Waals surface area contributed by atoms with Gasteiger partial charge >= 0.3 is 41.9 Å². The maximum Gasteiger partial charge on any atom is 0.407 e. The van der Waals surface area contributed by atoms with Crippen LogP contribution in [0.25, 0.3) is 0 Å². The average Bonchev–Trinajstić information content (AvgIpc) is 3.01. The van der Waals surface area contributed by atoms with Crippen molar-refractivity contribution < 1.29 is 85.7 Å². The molecule has 0 bridgehead atoms. The molecule has 0 aromatic carbocycles. The molecule has 2 N–H and O–H groups in total. The second-order valence-corrected chi connectivity index (χ2v) is 16.2. The molecule has 55 heavy (non-hydrogen) atoms. The molecule has 0 aromatic rings. The van der Waals surface area contributed by atoms with Crippen LogP contribution in [0.5, 0.6) is 0 Å². The van der Waals surface area contributed by atoms with E-state index in [1.165, 1.54) is 0 Å². The Morgan fingerprint density at radius 3 is 1.40 bits per heavy atom. The number of alkyl carbamates (subject to hydrolysis) is 1. The number of nitrogens with one attached hydrogen (secondary N) is 2. The highest BCUT2D eigenvalue weighted by Gasteiger charge is 2.58. The predicted molar refractivity (Wildman–Crippen MR) is 185 cm³/mol. The van der Waals surface area contributed by atoms with Crippen molar-refractivity contribution in [3.05, 3.63) is 0 Å². The number of carbonyl (C=O) groups is 7. The van der Waals surface area contributed by atoms with E-state index in [2.05, 4.69) is 5.32 Å². The molecule has 0 saturated carbocycles. The molecule has 312 valence electrons. The normalized spacial score (nSPS) is 28.0. The summed E-state index contributed by atoms with van der Waals surface area (Å²) in [6.45, 7) is 3.75. The van der Waals surface area contributed by atoms with E-state index in [-0.39, 0.29) is 0 Å². The van der Waals surface area contributed by atoms with Crippen molar-refractivity contribution in [3.8, 4) is 0 Å². The molecular formula is C29H36Cl6N2O18. The molecule has 10 atom stereocenters. The molecule has 2 fully saturated rings. The molecule has 2 aliphatic heterocycles. The van der Waals surface area contributed by atoms with Gasteiger partial charge < -0.3 is 57.4 Å². The van der Waals surface area contributed by atoms with Crippen LogP contribution in [0.1, 0.15) is 41.5 Å². The Morgan fingerprint density at radius 2 is 0.982 bits per heavy atom. The van der Waals surface area contributed by atoms with Crippen LogP contribution in [0, 0.1) is 5.41 Å².